The van der Waals surface area contributed by atoms with Crippen molar-refractivity contribution >= 4 is 39.6 Å². The van der Waals surface area contributed by atoms with E-state index in [0.717, 1.165) is 4.57 Å². The first-order valence-corrected chi connectivity index (χ1v) is 6.18. The molecule has 0 fully saturated rings. The second kappa shape index (κ2) is 5.27. The Hall–Kier alpha value is -1.45. The van der Waals surface area contributed by atoms with E-state index in [1.807, 2.05) is 0 Å². The standard InChI is InChI=1S/C11H8F3IN2O2/c12-9(13)10(14)17-6-2-1-3-7(19-11(16)18)5(6)4-8(17)15/h1-4,9-10H,(H2,16,18). The molecular formula is C11H8F3IN2O2. The molecule has 1 unspecified atom stereocenters. The van der Waals surface area contributed by atoms with Gasteiger partial charge in [-0.05, 0) is 40.8 Å². The number of carbonyl (C=O) groups is 1. The molecule has 1 atom stereocenters. The number of nitrogens with zero attached hydrogens (tertiary/aromatic N) is 1. The molecular weight excluding hydrogens is 376 g/mol. The Labute approximate surface area is 119 Å². The number of carbonyl (C=O) groups excluding carboxylic acids is 1. The van der Waals surface area contributed by atoms with Crippen molar-refractivity contribution in [3.8, 4) is 5.75 Å². The van der Waals surface area contributed by atoms with E-state index in [1.54, 1.807) is 22.6 Å². The van der Waals surface area contributed by atoms with Gasteiger partial charge in [0.15, 0.2) is 0 Å². The minimum atomic E-state index is -3.15. The van der Waals surface area contributed by atoms with Gasteiger partial charge in [-0.3, -0.25) is 4.57 Å². The summed E-state index contributed by atoms with van der Waals surface area (Å²) in [6.45, 7) is 0. The zero-order valence-electron chi connectivity index (χ0n) is 9.32. The molecule has 0 aliphatic heterocycles. The topological polar surface area (TPSA) is 57.3 Å². The Balaban J connectivity index is 2.62. The molecule has 0 spiro atoms. The summed E-state index contributed by atoms with van der Waals surface area (Å²) < 4.78 is 44.4. The first-order valence-electron chi connectivity index (χ1n) is 5.10. The maximum atomic E-state index is 13.6. The predicted octanol–water partition coefficient (Wildman–Crippen LogP) is 3.44. The van der Waals surface area contributed by atoms with Gasteiger partial charge in [-0.2, -0.15) is 0 Å². The molecule has 1 heterocycles. The molecule has 8 heteroatoms. The van der Waals surface area contributed by atoms with Gasteiger partial charge in [-0.25, -0.2) is 18.0 Å². The molecule has 1 aromatic heterocycles. The van der Waals surface area contributed by atoms with Gasteiger partial charge in [0.05, 0.1) is 9.22 Å². The summed E-state index contributed by atoms with van der Waals surface area (Å²) in [5.74, 6) is 0.100. The molecule has 0 radical (unpaired) electrons. The number of benzene rings is 1. The highest BCUT2D eigenvalue weighted by atomic mass is 127. The number of hydrogen-bond acceptors (Lipinski definition) is 2. The largest absolute Gasteiger partial charge is 0.410 e. The van der Waals surface area contributed by atoms with Crippen molar-refractivity contribution in [1.82, 2.24) is 4.57 Å². The maximum absolute atomic E-state index is 13.6. The van der Waals surface area contributed by atoms with Crippen molar-refractivity contribution in [2.75, 3.05) is 0 Å². The molecule has 0 bridgehead atoms. The minimum absolute atomic E-state index is 0.100. The molecule has 1 aromatic carbocycles. The fourth-order valence-electron chi connectivity index (χ4n) is 1.75. The quantitative estimate of drug-likeness (QED) is 0.825. The van der Waals surface area contributed by atoms with E-state index in [9.17, 15) is 18.0 Å². The van der Waals surface area contributed by atoms with Gasteiger partial charge in [0.25, 0.3) is 6.43 Å². The van der Waals surface area contributed by atoms with Gasteiger partial charge in [0.1, 0.15) is 5.75 Å². The van der Waals surface area contributed by atoms with E-state index in [1.165, 1.54) is 24.3 Å². The van der Waals surface area contributed by atoms with Crippen molar-refractivity contribution in [1.29, 1.82) is 0 Å². The first-order chi connectivity index (χ1) is 8.91. The van der Waals surface area contributed by atoms with Crippen LogP contribution in [-0.4, -0.2) is 17.1 Å². The highest BCUT2D eigenvalue weighted by Gasteiger charge is 2.25. The monoisotopic (exact) mass is 384 g/mol. The molecule has 0 saturated heterocycles. The fraction of sp³-hybridized carbons (Fsp3) is 0.182. The fourth-order valence-corrected chi connectivity index (χ4v) is 2.59. The van der Waals surface area contributed by atoms with Crippen LogP contribution >= 0.6 is 22.6 Å². The van der Waals surface area contributed by atoms with Crippen molar-refractivity contribution < 1.29 is 22.7 Å². The lowest BCUT2D eigenvalue weighted by Crippen LogP contribution is -2.16. The van der Waals surface area contributed by atoms with Gasteiger partial charge in [-0.15, -0.1) is 0 Å². The summed E-state index contributed by atoms with van der Waals surface area (Å²) in [5, 5.41) is 0.342. The van der Waals surface area contributed by atoms with Crippen LogP contribution in [0.25, 0.3) is 10.9 Å². The van der Waals surface area contributed by atoms with Gasteiger partial charge in [0, 0.05) is 5.39 Å². The van der Waals surface area contributed by atoms with Crippen molar-refractivity contribution in [3.63, 3.8) is 0 Å². The number of fused-ring (bicyclic) bond motifs is 1. The van der Waals surface area contributed by atoms with Crippen LogP contribution in [0.15, 0.2) is 24.3 Å². The number of amides is 1. The molecule has 2 N–H and O–H groups in total. The van der Waals surface area contributed by atoms with Crippen LogP contribution in [-0.2, 0) is 0 Å². The smallest absolute Gasteiger partial charge is 0.409 e. The summed E-state index contributed by atoms with van der Waals surface area (Å²) in [7, 11) is 0. The number of hydrogen-bond donors (Lipinski definition) is 1. The van der Waals surface area contributed by atoms with E-state index in [2.05, 4.69) is 0 Å². The number of primary amides is 1. The summed E-state index contributed by atoms with van der Waals surface area (Å²) in [6, 6.07) is 5.82. The van der Waals surface area contributed by atoms with Crippen LogP contribution in [0.2, 0.25) is 0 Å². The van der Waals surface area contributed by atoms with Gasteiger partial charge >= 0.3 is 6.09 Å². The van der Waals surface area contributed by atoms with Crippen LogP contribution in [0.3, 0.4) is 0 Å². The summed E-state index contributed by atoms with van der Waals surface area (Å²) >= 11 is 1.73. The summed E-state index contributed by atoms with van der Waals surface area (Å²) in [5.41, 5.74) is 5.11. The molecule has 2 aromatic rings. The summed E-state index contributed by atoms with van der Waals surface area (Å²) in [4.78, 5) is 10.7. The number of rotatable bonds is 3. The lowest BCUT2D eigenvalue weighted by molar-refractivity contribution is 0.00929. The second-order valence-electron chi connectivity index (χ2n) is 3.65. The van der Waals surface area contributed by atoms with Crippen LogP contribution in [0.4, 0.5) is 18.0 Å². The molecule has 1 amide bonds. The van der Waals surface area contributed by atoms with Gasteiger partial charge < -0.3 is 10.5 Å². The normalized spacial score (nSPS) is 12.9. The Morgan fingerprint density at radius 1 is 1.37 bits per heavy atom. The van der Waals surface area contributed by atoms with Crippen LogP contribution < -0.4 is 10.5 Å². The number of alkyl halides is 3. The van der Waals surface area contributed by atoms with Crippen LogP contribution in [0, 0.1) is 3.70 Å². The molecule has 4 nitrogen and oxygen atoms in total. The van der Waals surface area contributed by atoms with Crippen LogP contribution in [0.1, 0.15) is 6.30 Å². The van der Waals surface area contributed by atoms with E-state index < -0.39 is 18.8 Å². The Morgan fingerprint density at radius 2 is 2.05 bits per heavy atom. The first kappa shape index (κ1) is 14.0. The molecule has 102 valence electrons. The average Bonchev–Trinajstić information content (AvgIpc) is 2.65. The van der Waals surface area contributed by atoms with Crippen molar-refractivity contribution in [2.24, 2.45) is 5.73 Å². The van der Waals surface area contributed by atoms with E-state index >= 15 is 0 Å². The van der Waals surface area contributed by atoms with E-state index in [-0.39, 0.29) is 15.0 Å². The number of ether oxygens (including phenoxy) is 1. The molecule has 2 rings (SSSR count). The predicted molar refractivity (Wildman–Crippen MR) is 71.0 cm³/mol. The highest BCUT2D eigenvalue weighted by molar-refractivity contribution is 14.1. The molecule has 0 saturated carbocycles. The maximum Gasteiger partial charge on any atom is 0.409 e. The SMILES string of the molecule is NC(=O)Oc1cccc2c1cc(I)n2C(F)C(F)F. The Kier molecular flexibility index (Phi) is 3.88. The molecule has 19 heavy (non-hydrogen) atoms. The van der Waals surface area contributed by atoms with Gasteiger partial charge in [-0.1, -0.05) is 6.07 Å². The minimum Gasteiger partial charge on any atom is -0.410 e. The Bertz CT molecular complexity index is 630. The third-order valence-electron chi connectivity index (χ3n) is 2.46. The highest BCUT2D eigenvalue weighted by Crippen LogP contribution is 2.34. The van der Waals surface area contributed by atoms with Crippen LogP contribution in [0.5, 0.6) is 5.75 Å². The van der Waals surface area contributed by atoms with Crippen molar-refractivity contribution in [2.45, 2.75) is 12.7 Å². The number of nitrogens with two attached hydrogens (primary N) is 1. The van der Waals surface area contributed by atoms with Gasteiger partial charge in [0.2, 0.25) is 6.30 Å². The molecule has 0 aliphatic carbocycles. The average molecular weight is 384 g/mol. The van der Waals surface area contributed by atoms with Crippen molar-refractivity contribution in [3.05, 3.63) is 28.0 Å². The van der Waals surface area contributed by atoms with E-state index in [4.69, 9.17) is 10.5 Å². The number of aromatic nitrogens is 1. The summed E-state index contributed by atoms with van der Waals surface area (Å²) in [6.07, 6.45) is -6.64. The van der Waals surface area contributed by atoms with E-state index in [0.29, 0.717) is 5.39 Å². The zero-order valence-corrected chi connectivity index (χ0v) is 11.5. The lowest BCUT2D eigenvalue weighted by atomic mass is 10.2. The second-order valence-corrected chi connectivity index (χ2v) is 4.76. The third kappa shape index (κ3) is 2.62. The third-order valence-corrected chi connectivity index (χ3v) is 3.29. The number of halogens is 4. The Morgan fingerprint density at radius 3 is 2.63 bits per heavy atom. The molecule has 0 aliphatic rings. The zero-order chi connectivity index (χ0) is 14.2. The lowest BCUT2D eigenvalue weighted by Gasteiger charge is -2.12.